The number of rotatable bonds is 5. The van der Waals surface area contributed by atoms with Gasteiger partial charge in [0.25, 0.3) is 0 Å². The minimum Gasteiger partial charge on any atom is -0.376 e. The topological polar surface area (TPSA) is 38.3 Å². The molecule has 1 fully saturated rings. The molecule has 0 aromatic heterocycles. The average Bonchev–Trinajstić information content (AvgIpc) is 2.89. The molecule has 0 spiro atoms. The molecule has 1 heterocycles. The van der Waals surface area contributed by atoms with E-state index in [-0.39, 0.29) is 11.5 Å². The first-order chi connectivity index (χ1) is 9.15. The summed E-state index contributed by atoms with van der Waals surface area (Å²) in [5, 5.41) is 3.59. The lowest BCUT2D eigenvalue weighted by Crippen LogP contribution is -2.45. The van der Waals surface area contributed by atoms with E-state index in [0.717, 1.165) is 23.5 Å². The molecule has 5 heteroatoms. The van der Waals surface area contributed by atoms with Gasteiger partial charge in [-0.2, -0.15) is 11.8 Å². The van der Waals surface area contributed by atoms with Gasteiger partial charge in [0.1, 0.15) is 0 Å². The second kappa shape index (κ2) is 6.64. The van der Waals surface area contributed by atoms with E-state index >= 15 is 0 Å². The van der Waals surface area contributed by atoms with Gasteiger partial charge in [-0.05, 0) is 23.8 Å². The largest absolute Gasteiger partial charge is 0.376 e. The number of hydrogen-bond donors (Lipinski definition) is 1. The maximum Gasteiger partial charge on any atom is 0.224 e. The van der Waals surface area contributed by atoms with E-state index < -0.39 is 0 Å². The molecule has 1 aromatic rings. The van der Waals surface area contributed by atoms with Gasteiger partial charge >= 0.3 is 0 Å². The second-order valence-corrected chi connectivity index (χ2v) is 6.25. The van der Waals surface area contributed by atoms with Crippen molar-refractivity contribution in [3.63, 3.8) is 0 Å². The SMILES string of the molecule is CO[C@]1(CNC(=O)Cc2ccccc2Cl)CCSC1. The highest BCUT2D eigenvalue weighted by Gasteiger charge is 2.34. The second-order valence-electron chi connectivity index (χ2n) is 4.73. The summed E-state index contributed by atoms with van der Waals surface area (Å²) in [7, 11) is 1.71. The molecule has 0 bridgehead atoms. The van der Waals surface area contributed by atoms with E-state index in [4.69, 9.17) is 16.3 Å². The number of halogens is 1. The highest BCUT2D eigenvalue weighted by molar-refractivity contribution is 7.99. The number of hydrogen-bond acceptors (Lipinski definition) is 3. The van der Waals surface area contributed by atoms with Crippen LogP contribution in [0, 0.1) is 0 Å². The summed E-state index contributed by atoms with van der Waals surface area (Å²) in [6.45, 7) is 0.569. The van der Waals surface area contributed by atoms with E-state index in [1.54, 1.807) is 13.2 Å². The minimum atomic E-state index is -0.194. The molecule has 0 aliphatic carbocycles. The quantitative estimate of drug-likeness (QED) is 0.908. The molecule has 1 aliphatic heterocycles. The Kier molecular flexibility index (Phi) is 5.13. The minimum absolute atomic E-state index is 0.0126. The molecule has 2 rings (SSSR count). The molecule has 1 amide bonds. The summed E-state index contributed by atoms with van der Waals surface area (Å²) >= 11 is 7.91. The standard InChI is InChI=1S/C14H18ClNO2S/c1-18-14(6-7-19-10-14)9-16-13(17)8-11-4-2-3-5-12(11)15/h2-5H,6-10H2,1H3,(H,16,17)/t14-/m0/s1. The third-order valence-corrected chi connectivity index (χ3v) is 5.01. The highest BCUT2D eigenvalue weighted by atomic mass is 35.5. The van der Waals surface area contributed by atoms with Crippen LogP contribution in [0.15, 0.2) is 24.3 Å². The van der Waals surface area contributed by atoms with E-state index in [1.165, 1.54) is 0 Å². The summed E-state index contributed by atoms with van der Waals surface area (Å²) in [6.07, 6.45) is 1.30. The number of thioether (sulfide) groups is 1. The molecule has 0 unspecified atom stereocenters. The number of carbonyl (C=O) groups is 1. The predicted molar refractivity (Wildman–Crippen MR) is 79.8 cm³/mol. The Morgan fingerprint density at radius 2 is 2.32 bits per heavy atom. The van der Waals surface area contributed by atoms with Crippen molar-refractivity contribution in [2.45, 2.75) is 18.4 Å². The van der Waals surface area contributed by atoms with Crippen LogP contribution in [-0.4, -0.2) is 36.7 Å². The number of ether oxygens (including phenoxy) is 1. The summed E-state index contributed by atoms with van der Waals surface area (Å²) in [4.78, 5) is 11.9. The van der Waals surface area contributed by atoms with Crippen LogP contribution in [0.2, 0.25) is 5.02 Å². The van der Waals surface area contributed by atoms with Crippen LogP contribution in [0.3, 0.4) is 0 Å². The lowest BCUT2D eigenvalue weighted by molar-refractivity contribution is -0.121. The van der Waals surface area contributed by atoms with Crippen LogP contribution < -0.4 is 5.32 Å². The van der Waals surface area contributed by atoms with Gasteiger partial charge in [0.15, 0.2) is 0 Å². The van der Waals surface area contributed by atoms with Crippen LogP contribution in [0.4, 0.5) is 0 Å². The van der Waals surface area contributed by atoms with Crippen LogP contribution in [0.25, 0.3) is 0 Å². The van der Waals surface area contributed by atoms with Crippen LogP contribution in [-0.2, 0) is 16.0 Å². The van der Waals surface area contributed by atoms with E-state index in [0.29, 0.717) is 18.0 Å². The van der Waals surface area contributed by atoms with Crippen LogP contribution in [0.1, 0.15) is 12.0 Å². The first kappa shape index (κ1) is 14.7. The number of amides is 1. The van der Waals surface area contributed by atoms with Crippen molar-refractivity contribution in [3.8, 4) is 0 Å². The summed E-state index contributed by atoms with van der Waals surface area (Å²) < 4.78 is 5.56. The fraction of sp³-hybridized carbons (Fsp3) is 0.500. The molecule has 0 radical (unpaired) electrons. The molecule has 1 atom stereocenters. The van der Waals surface area contributed by atoms with Crippen molar-refractivity contribution >= 4 is 29.3 Å². The van der Waals surface area contributed by atoms with Gasteiger partial charge in [-0.15, -0.1) is 0 Å². The number of methoxy groups -OCH3 is 1. The Bertz CT molecular complexity index is 447. The molecule has 1 aromatic carbocycles. The maximum absolute atomic E-state index is 11.9. The first-order valence-electron chi connectivity index (χ1n) is 6.28. The summed E-state index contributed by atoms with van der Waals surface area (Å²) in [5.41, 5.74) is 0.662. The molecule has 3 nitrogen and oxygen atoms in total. The molecular weight excluding hydrogens is 282 g/mol. The molecule has 19 heavy (non-hydrogen) atoms. The van der Waals surface area contributed by atoms with E-state index in [1.807, 2.05) is 30.0 Å². The van der Waals surface area contributed by atoms with Crippen molar-refractivity contribution in [1.82, 2.24) is 5.32 Å². The number of carbonyl (C=O) groups excluding carboxylic acids is 1. The number of benzene rings is 1. The Labute approximate surface area is 123 Å². The van der Waals surface area contributed by atoms with Gasteiger partial charge < -0.3 is 10.1 Å². The van der Waals surface area contributed by atoms with Crippen molar-refractivity contribution in [1.29, 1.82) is 0 Å². The monoisotopic (exact) mass is 299 g/mol. The highest BCUT2D eigenvalue weighted by Crippen LogP contribution is 2.30. The van der Waals surface area contributed by atoms with Crippen molar-refractivity contribution in [2.24, 2.45) is 0 Å². The normalized spacial score (nSPS) is 22.4. The van der Waals surface area contributed by atoms with Gasteiger partial charge in [-0.1, -0.05) is 29.8 Å². The molecule has 104 valence electrons. The van der Waals surface area contributed by atoms with Gasteiger partial charge in [-0.25, -0.2) is 0 Å². The zero-order valence-corrected chi connectivity index (χ0v) is 12.5. The lowest BCUT2D eigenvalue weighted by Gasteiger charge is -2.26. The van der Waals surface area contributed by atoms with Gasteiger partial charge in [0.2, 0.25) is 5.91 Å². The molecule has 1 aliphatic rings. The summed E-state index contributed by atoms with van der Waals surface area (Å²) in [5.74, 6) is 2.02. The molecule has 1 saturated heterocycles. The third-order valence-electron chi connectivity index (χ3n) is 3.42. The zero-order valence-electron chi connectivity index (χ0n) is 10.9. The fourth-order valence-corrected chi connectivity index (χ4v) is 3.70. The molecule has 0 saturated carbocycles. The average molecular weight is 300 g/mol. The third kappa shape index (κ3) is 3.88. The van der Waals surface area contributed by atoms with Gasteiger partial charge in [-0.3, -0.25) is 4.79 Å². The Morgan fingerprint density at radius 1 is 1.53 bits per heavy atom. The smallest absolute Gasteiger partial charge is 0.224 e. The van der Waals surface area contributed by atoms with Gasteiger partial charge in [0, 0.05) is 24.4 Å². The van der Waals surface area contributed by atoms with Crippen molar-refractivity contribution in [2.75, 3.05) is 25.2 Å². The maximum atomic E-state index is 11.9. The summed E-state index contributed by atoms with van der Waals surface area (Å²) in [6, 6.07) is 7.42. The van der Waals surface area contributed by atoms with Crippen LogP contribution >= 0.6 is 23.4 Å². The Morgan fingerprint density at radius 3 is 2.95 bits per heavy atom. The molecule has 1 N–H and O–H groups in total. The van der Waals surface area contributed by atoms with Gasteiger partial charge in [0.05, 0.1) is 12.0 Å². The van der Waals surface area contributed by atoms with Crippen molar-refractivity contribution in [3.05, 3.63) is 34.9 Å². The number of nitrogens with one attached hydrogen (secondary N) is 1. The fourth-order valence-electron chi connectivity index (χ4n) is 2.10. The van der Waals surface area contributed by atoms with E-state index in [2.05, 4.69) is 5.32 Å². The Hall–Kier alpha value is -0.710. The van der Waals surface area contributed by atoms with Crippen molar-refractivity contribution < 1.29 is 9.53 Å². The first-order valence-corrected chi connectivity index (χ1v) is 7.81. The zero-order chi connectivity index (χ0) is 13.7. The molecular formula is C14H18ClNO2S. The predicted octanol–water partition coefficient (Wildman–Crippen LogP) is 2.52. The Balaban J connectivity index is 1.86. The van der Waals surface area contributed by atoms with Crippen LogP contribution in [0.5, 0.6) is 0 Å². The lowest BCUT2D eigenvalue weighted by atomic mass is 10.0. The van der Waals surface area contributed by atoms with E-state index in [9.17, 15) is 4.79 Å².